The van der Waals surface area contributed by atoms with Crippen LogP contribution in [0.1, 0.15) is 20.8 Å². The largest absolute Gasteiger partial charge is 0.243 e. The third-order valence-corrected chi connectivity index (χ3v) is 0.563. The van der Waals surface area contributed by atoms with Gasteiger partial charge in [-0.25, -0.2) is 4.39 Å². The molecule has 0 N–H and O–H groups in total. The fourth-order valence-corrected chi connectivity index (χ4v) is 0.459. The number of halogens is 1. The predicted molar refractivity (Wildman–Crippen MR) is 30.0 cm³/mol. The monoisotopic (exact) mass is 102 g/mol. The fourth-order valence-electron chi connectivity index (χ4n) is 0.459. The van der Waals surface area contributed by atoms with Gasteiger partial charge in [-0.2, -0.15) is 0 Å². The Labute approximate surface area is 44.0 Å². The van der Waals surface area contributed by atoms with Gasteiger partial charge < -0.3 is 0 Å². The molecule has 0 fully saturated rings. The summed E-state index contributed by atoms with van der Waals surface area (Å²) >= 11 is 0. The zero-order valence-electron chi connectivity index (χ0n) is 5.03. The van der Waals surface area contributed by atoms with E-state index in [0.29, 0.717) is 0 Å². The van der Waals surface area contributed by atoms with Gasteiger partial charge in [-0.1, -0.05) is 11.6 Å². The van der Waals surface area contributed by atoms with Crippen molar-refractivity contribution < 1.29 is 4.39 Å². The van der Waals surface area contributed by atoms with Gasteiger partial charge in [0.15, 0.2) is 0 Å². The van der Waals surface area contributed by atoms with Crippen molar-refractivity contribution in [2.45, 2.75) is 26.9 Å². The third-order valence-electron chi connectivity index (χ3n) is 0.563. The van der Waals surface area contributed by atoms with Gasteiger partial charge in [0.1, 0.15) is 6.17 Å². The molecule has 1 heteroatoms. The van der Waals surface area contributed by atoms with E-state index < -0.39 is 6.17 Å². The van der Waals surface area contributed by atoms with E-state index in [1.165, 1.54) is 6.92 Å². The van der Waals surface area contributed by atoms with Gasteiger partial charge in [0.2, 0.25) is 0 Å². The molecule has 0 aromatic rings. The fraction of sp³-hybridized carbons (Fsp3) is 0.667. The van der Waals surface area contributed by atoms with Crippen LogP contribution in [0.4, 0.5) is 4.39 Å². The Morgan fingerprint density at radius 1 is 1.57 bits per heavy atom. The molecular formula is C6H11F. The van der Waals surface area contributed by atoms with Crippen LogP contribution >= 0.6 is 0 Å². The summed E-state index contributed by atoms with van der Waals surface area (Å²) in [6.07, 6.45) is 0.796. The number of hydrogen-bond acceptors (Lipinski definition) is 0. The Hall–Kier alpha value is -0.330. The molecule has 0 heterocycles. The molecule has 1 atom stereocenters. The van der Waals surface area contributed by atoms with Crippen LogP contribution in [-0.4, -0.2) is 6.17 Å². The quantitative estimate of drug-likeness (QED) is 0.446. The van der Waals surface area contributed by atoms with Crippen molar-refractivity contribution in [1.82, 2.24) is 0 Å². The van der Waals surface area contributed by atoms with Gasteiger partial charge in [-0.05, 0) is 20.8 Å². The van der Waals surface area contributed by atoms with E-state index >= 15 is 0 Å². The van der Waals surface area contributed by atoms with E-state index in [-0.39, 0.29) is 0 Å². The van der Waals surface area contributed by atoms with Crippen LogP contribution in [0.3, 0.4) is 0 Å². The standard InChI is InChI=1S/C6H11F/c1-5(2)4-6(3)7/h4,6H,1-3H3. The molecule has 0 nitrogen and oxygen atoms in total. The van der Waals surface area contributed by atoms with Crippen LogP contribution in [0, 0.1) is 0 Å². The van der Waals surface area contributed by atoms with Crippen molar-refractivity contribution in [3.63, 3.8) is 0 Å². The van der Waals surface area contributed by atoms with E-state index in [1.807, 2.05) is 13.8 Å². The molecule has 0 aliphatic rings. The van der Waals surface area contributed by atoms with E-state index in [0.717, 1.165) is 5.57 Å². The normalized spacial score (nSPS) is 13.1. The second-order valence-electron chi connectivity index (χ2n) is 1.92. The first kappa shape index (κ1) is 6.67. The summed E-state index contributed by atoms with van der Waals surface area (Å²) in [5, 5.41) is 0. The Morgan fingerprint density at radius 3 is 2.00 bits per heavy atom. The lowest BCUT2D eigenvalue weighted by molar-refractivity contribution is 0.429. The molecule has 0 saturated carbocycles. The molecule has 0 rings (SSSR count). The van der Waals surface area contributed by atoms with Crippen LogP contribution in [0.2, 0.25) is 0 Å². The van der Waals surface area contributed by atoms with Crippen LogP contribution in [0.15, 0.2) is 11.6 Å². The predicted octanol–water partition coefficient (Wildman–Crippen LogP) is 2.31. The number of rotatable bonds is 1. The average Bonchev–Trinajstić information content (AvgIpc) is 1.27. The summed E-state index contributed by atoms with van der Waals surface area (Å²) in [4.78, 5) is 0. The summed E-state index contributed by atoms with van der Waals surface area (Å²) < 4.78 is 11.9. The highest BCUT2D eigenvalue weighted by Gasteiger charge is 1.86. The lowest BCUT2D eigenvalue weighted by Crippen LogP contribution is -1.83. The van der Waals surface area contributed by atoms with Gasteiger partial charge in [0, 0.05) is 0 Å². The molecule has 1 unspecified atom stereocenters. The maximum absolute atomic E-state index is 11.9. The summed E-state index contributed by atoms with van der Waals surface area (Å²) in [5.74, 6) is 0. The Morgan fingerprint density at radius 2 is 2.00 bits per heavy atom. The van der Waals surface area contributed by atoms with Gasteiger partial charge in [0.05, 0.1) is 0 Å². The highest BCUT2D eigenvalue weighted by atomic mass is 19.1. The Kier molecular flexibility index (Phi) is 2.65. The van der Waals surface area contributed by atoms with Crippen LogP contribution in [0.5, 0.6) is 0 Å². The van der Waals surface area contributed by atoms with E-state index in [2.05, 4.69) is 0 Å². The smallest absolute Gasteiger partial charge is 0.116 e. The van der Waals surface area contributed by atoms with Crippen LogP contribution in [-0.2, 0) is 0 Å². The Bertz CT molecular complexity index is 68.2. The van der Waals surface area contributed by atoms with Crippen molar-refractivity contribution >= 4 is 0 Å². The summed E-state index contributed by atoms with van der Waals surface area (Å²) in [7, 11) is 0. The molecule has 0 aliphatic carbocycles. The summed E-state index contributed by atoms with van der Waals surface area (Å²) in [6.45, 7) is 5.29. The molecule has 0 aliphatic heterocycles. The lowest BCUT2D eigenvalue weighted by atomic mass is 10.3. The van der Waals surface area contributed by atoms with Gasteiger partial charge in [0.25, 0.3) is 0 Å². The van der Waals surface area contributed by atoms with E-state index in [1.54, 1.807) is 6.08 Å². The van der Waals surface area contributed by atoms with Gasteiger partial charge >= 0.3 is 0 Å². The first-order valence-corrected chi connectivity index (χ1v) is 2.42. The molecule has 7 heavy (non-hydrogen) atoms. The molecule has 0 aromatic heterocycles. The van der Waals surface area contributed by atoms with Crippen molar-refractivity contribution in [2.75, 3.05) is 0 Å². The molecule has 0 spiro atoms. The number of allylic oxidation sites excluding steroid dienone is 2. The average molecular weight is 102 g/mol. The van der Waals surface area contributed by atoms with Crippen molar-refractivity contribution in [1.29, 1.82) is 0 Å². The molecule has 0 saturated heterocycles. The van der Waals surface area contributed by atoms with E-state index in [9.17, 15) is 4.39 Å². The van der Waals surface area contributed by atoms with Gasteiger partial charge in [-0.15, -0.1) is 0 Å². The molecule has 0 amide bonds. The minimum atomic E-state index is -0.787. The summed E-state index contributed by atoms with van der Waals surface area (Å²) in [5.41, 5.74) is 1.04. The molecule has 0 radical (unpaired) electrons. The highest BCUT2D eigenvalue weighted by molar-refractivity contribution is 4.96. The first-order chi connectivity index (χ1) is 3.13. The molecule has 42 valence electrons. The Balaban J connectivity index is 3.45. The molecule has 0 bridgehead atoms. The maximum Gasteiger partial charge on any atom is 0.116 e. The van der Waals surface area contributed by atoms with Crippen molar-refractivity contribution in [2.24, 2.45) is 0 Å². The minimum Gasteiger partial charge on any atom is -0.243 e. The van der Waals surface area contributed by atoms with Crippen molar-refractivity contribution in [3.8, 4) is 0 Å². The highest BCUT2D eigenvalue weighted by Crippen LogP contribution is 1.95. The topological polar surface area (TPSA) is 0 Å². The maximum atomic E-state index is 11.9. The third kappa shape index (κ3) is 5.67. The van der Waals surface area contributed by atoms with Crippen LogP contribution < -0.4 is 0 Å². The zero-order chi connectivity index (χ0) is 5.86. The van der Waals surface area contributed by atoms with Crippen LogP contribution in [0.25, 0.3) is 0 Å². The lowest BCUT2D eigenvalue weighted by Gasteiger charge is -1.89. The molecular weight excluding hydrogens is 91.1 g/mol. The van der Waals surface area contributed by atoms with E-state index in [4.69, 9.17) is 0 Å². The second kappa shape index (κ2) is 2.78. The number of hydrogen-bond donors (Lipinski definition) is 0. The zero-order valence-corrected chi connectivity index (χ0v) is 5.03. The summed E-state index contributed by atoms with van der Waals surface area (Å²) in [6, 6.07) is 0. The minimum absolute atomic E-state index is 0.787. The second-order valence-corrected chi connectivity index (χ2v) is 1.92. The SMILES string of the molecule is CC(C)=CC(C)F. The molecule has 0 aromatic carbocycles. The van der Waals surface area contributed by atoms with Gasteiger partial charge in [-0.3, -0.25) is 0 Å². The van der Waals surface area contributed by atoms with Crippen molar-refractivity contribution in [3.05, 3.63) is 11.6 Å². The number of alkyl halides is 1. The first-order valence-electron chi connectivity index (χ1n) is 2.42.